The van der Waals surface area contributed by atoms with Crippen molar-refractivity contribution in [3.63, 3.8) is 0 Å². The highest BCUT2D eigenvalue weighted by Crippen LogP contribution is 2.21. The van der Waals surface area contributed by atoms with Crippen molar-refractivity contribution in [1.29, 1.82) is 0 Å². The topological polar surface area (TPSA) is 78.4 Å². The van der Waals surface area contributed by atoms with Gasteiger partial charge in [-0.05, 0) is 18.2 Å². The summed E-state index contributed by atoms with van der Waals surface area (Å²) in [6.45, 7) is 1.37. The summed E-state index contributed by atoms with van der Waals surface area (Å²) >= 11 is 0. The predicted octanol–water partition coefficient (Wildman–Crippen LogP) is 0.710. The lowest BCUT2D eigenvalue weighted by atomic mass is 10.1. The molecule has 0 unspecified atom stereocenters. The average Bonchev–Trinajstić information content (AvgIpc) is 2.19. The van der Waals surface area contributed by atoms with Crippen LogP contribution in [0.1, 0.15) is 17.3 Å². The minimum absolute atomic E-state index is 0.122. The summed E-state index contributed by atoms with van der Waals surface area (Å²) < 4.78 is 0. The van der Waals surface area contributed by atoms with E-state index >= 15 is 0 Å². The van der Waals surface area contributed by atoms with E-state index in [2.05, 4.69) is 10.6 Å². The predicted molar refractivity (Wildman–Crippen MR) is 55.8 cm³/mol. The van der Waals surface area contributed by atoms with E-state index in [1.54, 1.807) is 0 Å². The number of carbonyl (C=O) groups excluding carboxylic acids is 2. The second-order valence-electron chi connectivity index (χ2n) is 2.99. The number of amides is 2. The standard InChI is InChI=1S/C10H12N2O3/c1-6(13)12-7-3-4-9(14)8(5-7)10(15)11-2/h3-5,14H,1-2H3,(H,11,15)(H,12,13). The highest BCUT2D eigenvalue weighted by molar-refractivity contribution is 5.98. The molecule has 2 amide bonds. The molecule has 1 aromatic rings. The molecule has 0 aliphatic carbocycles. The Kier molecular flexibility index (Phi) is 3.28. The smallest absolute Gasteiger partial charge is 0.254 e. The molecule has 0 aromatic heterocycles. The fraction of sp³-hybridized carbons (Fsp3) is 0.200. The van der Waals surface area contributed by atoms with Crippen molar-refractivity contribution in [2.24, 2.45) is 0 Å². The van der Waals surface area contributed by atoms with E-state index in [1.807, 2.05) is 0 Å². The normalized spacial score (nSPS) is 9.47. The largest absolute Gasteiger partial charge is 0.507 e. The van der Waals surface area contributed by atoms with Crippen LogP contribution in [0.15, 0.2) is 18.2 Å². The van der Waals surface area contributed by atoms with E-state index < -0.39 is 5.91 Å². The molecule has 3 N–H and O–H groups in total. The molecule has 0 atom stereocenters. The lowest BCUT2D eigenvalue weighted by Gasteiger charge is -2.06. The highest BCUT2D eigenvalue weighted by atomic mass is 16.3. The Balaban J connectivity index is 3.05. The molecule has 0 bridgehead atoms. The van der Waals surface area contributed by atoms with Crippen LogP contribution in [0.2, 0.25) is 0 Å². The van der Waals surface area contributed by atoms with Crippen LogP contribution in [0.4, 0.5) is 5.69 Å². The number of phenols is 1. The van der Waals surface area contributed by atoms with Crippen LogP contribution in [0.25, 0.3) is 0 Å². The Morgan fingerprint density at radius 1 is 1.33 bits per heavy atom. The van der Waals surface area contributed by atoms with Crippen LogP contribution in [0.3, 0.4) is 0 Å². The maximum absolute atomic E-state index is 11.3. The third kappa shape index (κ3) is 2.70. The maximum atomic E-state index is 11.3. The molecule has 0 aliphatic heterocycles. The van der Waals surface area contributed by atoms with E-state index in [4.69, 9.17) is 0 Å². The SMILES string of the molecule is CNC(=O)c1cc(NC(C)=O)ccc1O. The van der Waals surface area contributed by atoms with Gasteiger partial charge in [0.2, 0.25) is 5.91 Å². The molecule has 5 nitrogen and oxygen atoms in total. The van der Waals surface area contributed by atoms with Crippen molar-refractivity contribution in [3.8, 4) is 5.75 Å². The van der Waals surface area contributed by atoms with Crippen molar-refractivity contribution in [3.05, 3.63) is 23.8 Å². The number of rotatable bonds is 2. The molecule has 0 radical (unpaired) electrons. The molecule has 0 aliphatic rings. The van der Waals surface area contributed by atoms with Gasteiger partial charge in [-0.15, -0.1) is 0 Å². The Morgan fingerprint density at radius 3 is 2.53 bits per heavy atom. The van der Waals surface area contributed by atoms with Gasteiger partial charge in [-0.25, -0.2) is 0 Å². The maximum Gasteiger partial charge on any atom is 0.254 e. The zero-order chi connectivity index (χ0) is 11.4. The first-order chi connectivity index (χ1) is 7.04. The van der Waals surface area contributed by atoms with Gasteiger partial charge in [0.05, 0.1) is 5.56 Å². The molecule has 0 saturated carbocycles. The first-order valence-corrected chi connectivity index (χ1v) is 4.37. The molecule has 80 valence electrons. The fourth-order valence-corrected chi connectivity index (χ4v) is 1.13. The van der Waals surface area contributed by atoms with E-state index in [1.165, 1.54) is 32.2 Å². The zero-order valence-electron chi connectivity index (χ0n) is 8.50. The minimum Gasteiger partial charge on any atom is -0.507 e. The van der Waals surface area contributed by atoms with Crippen molar-refractivity contribution in [2.45, 2.75) is 6.92 Å². The fourth-order valence-electron chi connectivity index (χ4n) is 1.13. The average molecular weight is 208 g/mol. The first kappa shape index (κ1) is 11.0. The monoisotopic (exact) mass is 208 g/mol. The number of anilines is 1. The third-order valence-corrected chi connectivity index (χ3v) is 1.79. The summed E-state index contributed by atoms with van der Waals surface area (Å²) in [5.74, 6) is -0.758. The quantitative estimate of drug-likeness (QED) is 0.626. The van der Waals surface area contributed by atoms with Gasteiger partial charge in [-0.2, -0.15) is 0 Å². The number of phenolic OH excluding ortho intramolecular Hbond substituents is 1. The molecule has 0 heterocycles. The summed E-state index contributed by atoms with van der Waals surface area (Å²) in [6, 6.07) is 4.29. The van der Waals surface area contributed by atoms with Crippen LogP contribution >= 0.6 is 0 Å². The van der Waals surface area contributed by atoms with Gasteiger partial charge >= 0.3 is 0 Å². The van der Waals surface area contributed by atoms with E-state index in [-0.39, 0.29) is 17.2 Å². The Bertz CT molecular complexity index is 402. The van der Waals surface area contributed by atoms with E-state index in [9.17, 15) is 14.7 Å². The van der Waals surface area contributed by atoms with Crippen LogP contribution < -0.4 is 10.6 Å². The first-order valence-electron chi connectivity index (χ1n) is 4.37. The van der Waals surface area contributed by atoms with Crippen LogP contribution in [-0.4, -0.2) is 24.0 Å². The van der Waals surface area contributed by atoms with Crippen molar-refractivity contribution in [1.82, 2.24) is 5.32 Å². The Morgan fingerprint density at radius 2 is 2.00 bits per heavy atom. The zero-order valence-corrected chi connectivity index (χ0v) is 8.50. The molecule has 0 spiro atoms. The minimum atomic E-state index is -0.403. The van der Waals surface area contributed by atoms with Gasteiger partial charge in [0.25, 0.3) is 5.91 Å². The molecule has 5 heteroatoms. The number of hydrogen-bond donors (Lipinski definition) is 3. The number of nitrogens with one attached hydrogen (secondary N) is 2. The lowest BCUT2D eigenvalue weighted by Crippen LogP contribution is -2.18. The molecular formula is C10H12N2O3. The highest BCUT2D eigenvalue weighted by Gasteiger charge is 2.10. The van der Waals surface area contributed by atoms with Crippen molar-refractivity contribution in [2.75, 3.05) is 12.4 Å². The molecule has 0 saturated heterocycles. The molecule has 1 aromatic carbocycles. The van der Waals surface area contributed by atoms with Gasteiger partial charge in [0, 0.05) is 19.7 Å². The van der Waals surface area contributed by atoms with Gasteiger partial charge in [-0.1, -0.05) is 0 Å². The second kappa shape index (κ2) is 4.45. The molecule has 1 rings (SSSR count). The second-order valence-corrected chi connectivity index (χ2v) is 2.99. The molecular weight excluding hydrogens is 196 g/mol. The van der Waals surface area contributed by atoms with E-state index in [0.717, 1.165) is 0 Å². The van der Waals surface area contributed by atoms with Gasteiger partial charge < -0.3 is 15.7 Å². The lowest BCUT2D eigenvalue weighted by molar-refractivity contribution is -0.114. The van der Waals surface area contributed by atoms with Crippen molar-refractivity contribution >= 4 is 17.5 Å². The summed E-state index contributed by atoms with van der Waals surface area (Å²) in [7, 11) is 1.47. The summed E-state index contributed by atoms with van der Waals surface area (Å²) in [5, 5.41) is 14.3. The number of aromatic hydroxyl groups is 1. The van der Waals surface area contributed by atoms with Gasteiger partial charge in [0.15, 0.2) is 0 Å². The van der Waals surface area contributed by atoms with E-state index in [0.29, 0.717) is 5.69 Å². The Hall–Kier alpha value is -2.04. The van der Waals surface area contributed by atoms with Gasteiger partial charge in [-0.3, -0.25) is 9.59 Å². The van der Waals surface area contributed by atoms with Crippen LogP contribution in [0.5, 0.6) is 5.75 Å². The van der Waals surface area contributed by atoms with Crippen LogP contribution in [-0.2, 0) is 4.79 Å². The summed E-state index contributed by atoms with van der Waals surface area (Å²) in [6.07, 6.45) is 0. The molecule has 15 heavy (non-hydrogen) atoms. The third-order valence-electron chi connectivity index (χ3n) is 1.79. The van der Waals surface area contributed by atoms with Gasteiger partial charge in [0.1, 0.15) is 5.75 Å². The number of benzene rings is 1. The number of carbonyl (C=O) groups is 2. The van der Waals surface area contributed by atoms with Crippen molar-refractivity contribution < 1.29 is 14.7 Å². The Labute approximate surface area is 87.1 Å². The van der Waals surface area contributed by atoms with Crippen LogP contribution in [0, 0.1) is 0 Å². The summed E-state index contributed by atoms with van der Waals surface area (Å²) in [4.78, 5) is 22.1. The summed E-state index contributed by atoms with van der Waals surface area (Å²) in [5.41, 5.74) is 0.600. The molecule has 0 fully saturated rings. The number of hydrogen-bond acceptors (Lipinski definition) is 3.